The van der Waals surface area contributed by atoms with E-state index in [0.29, 0.717) is 54.3 Å². The molecule has 1 saturated heterocycles. The molecule has 11 heteroatoms. The number of methoxy groups -OCH3 is 2. The molecule has 0 radical (unpaired) electrons. The van der Waals surface area contributed by atoms with Gasteiger partial charge < -0.3 is 29.2 Å². The number of fused-ring (bicyclic) bond motifs is 1. The normalized spacial score (nSPS) is 14.8. The molecule has 1 aromatic heterocycles. The van der Waals surface area contributed by atoms with E-state index in [1.807, 2.05) is 13.0 Å². The Morgan fingerprint density at radius 2 is 1.95 bits per heavy atom. The third-order valence-corrected chi connectivity index (χ3v) is 6.29. The molecule has 1 N–H and O–H groups in total. The van der Waals surface area contributed by atoms with Crippen molar-refractivity contribution in [1.29, 1.82) is 0 Å². The van der Waals surface area contributed by atoms with E-state index >= 15 is 0 Å². The van der Waals surface area contributed by atoms with Crippen molar-refractivity contribution in [3.8, 4) is 5.75 Å². The van der Waals surface area contributed by atoms with E-state index in [9.17, 15) is 13.6 Å². The zero-order valence-corrected chi connectivity index (χ0v) is 21.9. The summed E-state index contributed by atoms with van der Waals surface area (Å²) in [4.78, 5) is 23.6. The Labute approximate surface area is 220 Å². The van der Waals surface area contributed by atoms with Crippen LogP contribution in [0, 0.1) is 0 Å². The number of ether oxygens (including phenoxy) is 4. The first-order chi connectivity index (χ1) is 18.3. The van der Waals surface area contributed by atoms with Gasteiger partial charge in [0.2, 0.25) is 5.82 Å². The molecule has 1 aliphatic heterocycles. The Hall–Kier alpha value is -3.57. The predicted molar refractivity (Wildman–Crippen MR) is 139 cm³/mol. The van der Waals surface area contributed by atoms with Crippen molar-refractivity contribution in [3.63, 3.8) is 0 Å². The van der Waals surface area contributed by atoms with Crippen molar-refractivity contribution in [3.05, 3.63) is 53.3 Å². The number of esters is 1. The molecule has 0 bridgehead atoms. The fourth-order valence-electron chi connectivity index (χ4n) is 4.35. The summed E-state index contributed by atoms with van der Waals surface area (Å²) in [7, 11) is 2.82. The Kier molecular flexibility index (Phi) is 8.58. The lowest BCUT2D eigenvalue weighted by molar-refractivity contribution is -0.0698. The zero-order valence-electron chi connectivity index (χ0n) is 21.9. The van der Waals surface area contributed by atoms with E-state index in [-0.39, 0.29) is 18.0 Å². The molecule has 1 aliphatic rings. The molecule has 1 atom stereocenters. The lowest BCUT2D eigenvalue weighted by Gasteiger charge is -2.30. The summed E-state index contributed by atoms with van der Waals surface area (Å²) in [6.07, 6.45) is 0. The van der Waals surface area contributed by atoms with Crippen LogP contribution in [0.2, 0.25) is 0 Å². The van der Waals surface area contributed by atoms with Crippen molar-refractivity contribution in [2.45, 2.75) is 25.8 Å². The number of anilines is 2. The molecule has 0 unspecified atom stereocenters. The van der Waals surface area contributed by atoms with E-state index in [1.54, 1.807) is 32.2 Å². The van der Waals surface area contributed by atoms with Crippen molar-refractivity contribution in [1.82, 2.24) is 9.97 Å². The highest BCUT2D eigenvalue weighted by atomic mass is 19.3. The maximum atomic E-state index is 14.5. The number of carbonyl (C=O) groups is 1. The summed E-state index contributed by atoms with van der Waals surface area (Å²) in [5, 5.41) is 3.94. The largest absolute Gasteiger partial charge is 0.495 e. The molecule has 2 aromatic carbocycles. The van der Waals surface area contributed by atoms with Crippen LogP contribution in [0.25, 0.3) is 10.9 Å². The van der Waals surface area contributed by atoms with Crippen LogP contribution >= 0.6 is 0 Å². The quantitative estimate of drug-likeness (QED) is 0.379. The fourth-order valence-corrected chi connectivity index (χ4v) is 4.35. The molecule has 204 valence electrons. The summed E-state index contributed by atoms with van der Waals surface area (Å²) in [6.45, 7) is 5.53. The number of nitrogens with zero attached hydrogens (tertiary/aromatic N) is 3. The third kappa shape index (κ3) is 5.94. The van der Waals surface area contributed by atoms with E-state index < -0.39 is 24.5 Å². The van der Waals surface area contributed by atoms with Gasteiger partial charge in [-0.25, -0.2) is 14.8 Å². The summed E-state index contributed by atoms with van der Waals surface area (Å²) in [6, 6.07) is 9.37. The Bertz CT molecular complexity index is 1280. The number of morpholine rings is 1. The molecular formula is C27H32F2N4O5. The number of hydrogen-bond acceptors (Lipinski definition) is 9. The predicted octanol–water partition coefficient (Wildman–Crippen LogP) is 4.56. The smallest absolute Gasteiger partial charge is 0.376 e. The van der Waals surface area contributed by atoms with Gasteiger partial charge in [-0.15, -0.1) is 0 Å². The van der Waals surface area contributed by atoms with E-state index in [0.717, 1.165) is 5.69 Å². The molecule has 4 rings (SSSR count). The molecule has 38 heavy (non-hydrogen) atoms. The number of nitrogens with one attached hydrogen (secondary N) is 1. The van der Waals surface area contributed by atoms with Crippen LogP contribution < -0.4 is 15.0 Å². The van der Waals surface area contributed by atoms with Crippen molar-refractivity contribution >= 4 is 28.4 Å². The average molecular weight is 531 g/mol. The number of carbonyl (C=O) groups excluding carboxylic acids is 1. The number of alkyl halides is 2. The summed E-state index contributed by atoms with van der Waals surface area (Å²) >= 11 is 0. The lowest BCUT2D eigenvalue weighted by atomic mass is 10.0. The first-order valence-electron chi connectivity index (χ1n) is 12.4. The second-order valence-corrected chi connectivity index (χ2v) is 8.89. The van der Waals surface area contributed by atoms with E-state index in [4.69, 9.17) is 18.9 Å². The second kappa shape index (κ2) is 11.9. The minimum Gasteiger partial charge on any atom is -0.495 e. The first kappa shape index (κ1) is 27.5. The van der Waals surface area contributed by atoms with Crippen LogP contribution in [0.4, 0.5) is 20.3 Å². The molecule has 2 heterocycles. The van der Waals surface area contributed by atoms with Gasteiger partial charge in [0.25, 0.3) is 5.92 Å². The molecule has 0 spiro atoms. The minimum absolute atomic E-state index is 0.115. The molecule has 0 amide bonds. The fraction of sp³-hybridized carbons (Fsp3) is 0.444. The minimum atomic E-state index is -3.13. The number of hydrogen-bond donors (Lipinski definition) is 1. The maximum absolute atomic E-state index is 14.5. The zero-order chi connectivity index (χ0) is 27.3. The van der Waals surface area contributed by atoms with Gasteiger partial charge in [-0.05, 0) is 31.5 Å². The maximum Gasteiger partial charge on any atom is 0.376 e. The molecule has 1 fully saturated rings. The Morgan fingerprint density at radius 1 is 1.18 bits per heavy atom. The SMILES string of the molecule is CCOC(=O)c1nc(N[C@H](C)c2cccc(C(F)(F)COC)c2)c2cc(N3CCOCC3)c(OC)cc2n1. The van der Waals surface area contributed by atoms with Gasteiger partial charge >= 0.3 is 5.97 Å². The van der Waals surface area contributed by atoms with Crippen LogP contribution in [-0.4, -0.2) is 69.7 Å². The molecule has 0 aliphatic carbocycles. The number of halogens is 2. The average Bonchev–Trinajstić information content (AvgIpc) is 2.92. The second-order valence-electron chi connectivity index (χ2n) is 8.89. The summed E-state index contributed by atoms with van der Waals surface area (Å²) < 4.78 is 50.0. The van der Waals surface area contributed by atoms with Gasteiger partial charge in [-0.2, -0.15) is 8.78 Å². The highest BCUT2D eigenvalue weighted by Gasteiger charge is 2.32. The Balaban J connectivity index is 1.78. The summed E-state index contributed by atoms with van der Waals surface area (Å²) in [5.41, 5.74) is 1.79. The third-order valence-electron chi connectivity index (χ3n) is 6.29. The van der Waals surface area contributed by atoms with Crippen LogP contribution in [0.1, 0.15) is 41.6 Å². The summed E-state index contributed by atoms with van der Waals surface area (Å²) in [5.74, 6) is -2.94. The van der Waals surface area contributed by atoms with Gasteiger partial charge in [-0.1, -0.05) is 18.2 Å². The Morgan fingerprint density at radius 3 is 2.63 bits per heavy atom. The van der Waals surface area contributed by atoms with Crippen molar-refractivity contribution in [2.24, 2.45) is 0 Å². The van der Waals surface area contributed by atoms with Gasteiger partial charge in [0.15, 0.2) is 0 Å². The first-order valence-corrected chi connectivity index (χ1v) is 12.4. The highest BCUT2D eigenvalue weighted by molar-refractivity contribution is 5.97. The van der Waals surface area contributed by atoms with Crippen LogP contribution in [-0.2, 0) is 20.1 Å². The van der Waals surface area contributed by atoms with Gasteiger partial charge in [0.1, 0.15) is 18.2 Å². The number of benzene rings is 2. The van der Waals surface area contributed by atoms with Crippen LogP contribution in [0.5, 0.6) is 5.75 Å². The monoisotopic (exact) mass is 530 g/mol. The van der Waals surface area contributed by atoms with Crippen LogP contribution in [0.15, 0.2) is 36.4 Å². The number of rotatable bonds is 10. The van der Waals surface area contributed by atoms with Crippen molar-refractivity contribution in [2.75, 3.05) is 64.0 Å². The van der Waals surface area contributed by atoms with E-state index in [1.165, 1.54) is 19.2 Å². The van der Waals surface area contributed by atoms with E-state index in [2.05, 4.69) is 20.2 Å². The molecular weight excluding hydrogens is 498 g/mol. The van der Waals surface area contributed by atoms with Gasteiger partial charge in [0.05, 0.1) is 38.1 Å². The lowest BCUT2D eigenvalue weighted by Crippen LogP contribution is -2.36. The molecule has 3 aromatic rings. The van der Waals surface area contributed by atoms with Crippen molar-refractivity contribution < 1.29 is 32.5 Å². The molecule has 9 nitrogen and oxygen atoms in total. The molecule has 0 saturated carbocycles. The standard InChI is InChI=1S/C27H32F2N4O5/c1-5-38-26(34)25-31-21-15-23(36-4)22(33-9-11-37-12-10-33)14-20(21)24(32-25)30-17(2)18-7-6-8-19(13-18)27(28,29)16-35-3/h6-8,13-15,17H,5,9-12,16H2,1-4H3,(H,30,31,32)/t17-/m1/s1. The van der Waals surface area contributed by atoms with Gasteiger partial charge in [0, 0.05) is 43.3 Å². The number of aromatic nitrogens is 2. The van der Waals surface area contributed by atoms with Gasteiger partial charge in [-0.3, -0.25) is 0 Å². The topological polar surface area (TPSA) is 95.0 Å². The highest BCUT2D eigenvalue weighted by Crippen LogP contribution is 2.37. The van der Waals surface area contributed by atoms with Crippen LogP contribution in [0.3, 0.4) is 0 Å².